The van der Waals surface area contributed by atoms with E-state index in [-0.39, 0.29) is 0 Å². The number of nitrogens with zero attached hydrogens (tertiary/aromatic N) is 4. The second-order valence-electron chi connectivity index (χ2n) is 4.89. The molecule has 0 saturated heterocycles. The van der Waals surface area contributed by atoms with Gasteiger partial charge in [0.1, 0.15) is 11.8 Å². The van der Waals surface area contributed by atoms with E-state index in [1.807, 2.05) is 6.07 Å². The van der Waals surface area contributed by atoms with Crippen LogP contribution in [0.2, 0.25) is 0 Å². The lowest BCUT2D eigenvalue weighted by molar-refractivity contribution is 0.121. The van der Waals surface area contributed by atoms with Crippen molar-refractivity contribution in [1.82, 2.24) is 14.6 Å². The molecule has 1 aromatic carbocycles. The van der Waals surface area contributed by atoms with Crippen LogP contribution in [0.4, 0.5) is 16.3 Å². The minimum absolute atomic E-state index is 0.330. The molecule has 0 bridgehead atoms. The van der Waals surface area contributed by atoms with Crippen molar-refractivity contribution in [2.45, 2.75) is 6.92 Å². The minimum Gasteiger partial charge on any atom is -0.437 e. The van der Waals surface area contributed by atoms with E-state index in [1.54, 1.807) is 35.8 Å². The molecule has 0 aliphatic carbocycles. The summed E-state index contributed by atoms with van der Waals surface area (Å²) in [6.07, 6.45) is 2.14. The van der Waals surface area contributed by atoms with Gasteiger partial charge in [0.15, 0.2) is 11.6 Å². The van der Waals surface area contributed by atoms with Crippen molar-refractivity contribution in [3.05, 3.63) is 47.9 Å². The maximum absolute atomic E-state index is 11.3. The van der Waals surface area contributed by atoms with E-state index in [1.165, 1.54) is 13.4 Å². The number of ether oxygens (including phenoxy) is 2. The van der Waals surface area contributed by atoms with E-state index in [4.69, 9.17) is 10.00 Å². The third-order valence-electron chi connectivity index (χ3n) is 3.39. The van der Waals surface area contributed by atoms with Crippen molar-refractivity contribution in [1.29, 1.82) is 5.26 Å². The van der Waals surface area contributed by atoms with Gasteiger partial charge < -0.3 is 14.8 Å². The molecule has 2 aromatic heterocycles. The van der Waals surface area contributed by atoms with E-state index in [0.29, 0.717) is 33.9 Å². The third kappa shape index (κ3) is 2.83. The summed E-state index contributed by atoms with van der Waals surface area (Å²) >= 11 is 0. The number of fused-ring (bicyclic) bond motifs is 1. The number of carbonyl (C=O) groups excluding carboxylic acids is 1. The molecule has 0 fully saturated rings. The molecule has 0 unspecified atom stereocenters. The number of anilines is 2. The molecule has 0 spiro atoms. The lowest BCUT2D eigenvalue weighted by Gasteiger charge is -2.08. The fourth-order valence-corrected chi connectivity index (χ4v) is 2.27. The maximum Gasteiger partial charge on any atom is 0.513 e. The fraction of sp³-hybridized carbons (Fsp3) is 0.125. The predicted molar refractivity (Wildman–Crippen MR) is 85.2 cm³/mol. The highest BCUT2D eigenvalue weighted by molar-refractivity contribution is 5.80. The van der Waals surface area contributed by atoms with Crippen molar-refractivity contribution >= 4 is 23.2 Å². The number of nitriles is 1. The summed E-state index contributed by atoms with van der Waals surface area (Å²) in [4.78, 5) is 15.6. The van der Waals surface area contributed by atoms with E-state index in [0.717, 1.165) is 0 Å². The zero-order valence-electron chi connectivity index (χ0n) is 13.0. The Kier molecular flexibility index (Phi) is 3.99. The SMILES string of the molecule is COC(=O)Oc1cn2ncnc(Nc3cccc(C#N)c3)c2c1C. The van der Waals surface area contributed by atoms with Crippen LogP contribution in [0.3, 0.4) is 0 Å². The average molecular weight is 323 g/mol. The molecule has 3 aromatic rings. The number of hydrogen-bond donors (Lipinski definition) is 1. The molecule has 0 radical (unpaired) electrons. The van der Waals surface area contributed by atoms with Gasteiger partial charge in [-0.1, -0.05) is 6.07 Å². The molecule has 24 heavy (non-hydrogen) atoms. The summed E-state index contributed by atoms with van der Waals surface area (Å²) in [6, 6.07) is 9.11. The molecule has 1 N–H and O–H groups in total. The summed E-state index contributed by atoms with van der Waals surface area (Å²) in [5.74, 6) is 0.855. The molecule has 0 aliphatic rings. The lowest BCUT2D eigenvalue weighted by Crippen LogP contribution is -2.07. The summed E-state index contributed by atoms with van der Waals surface area (Å²) < 4.78 is 11.2. The normalized spacial score (nSPS) is 10.2. The van der Waals surface area contributed by atoms with Crippen LogP contribution in [0.25, 0.3) is 5.52 Å². The van der Waals surface area contributed by atoms with Gasteiger partial charge >= 0.3 is 6.16 Å². The molecule has 0 atom stereocenters. The van der Waals surface area contributed by atoms with Crippen LogP contribution in [0.15, 0.2) is 36.8 Å². The van der Waals surface area contributed by atoms with Gasteiger partial charge in [-0.05, 0) is 25.1 Å². The van der Waals surface area contributed by atoms with Crippen molar-refractivity contribution in [3.8, 4) is 11.8 Å². The van der Waals surface area contributed by atoms with Gasteiger partial charge in [0.25, 0.3) is 0 Å². The van der Waals surface area contributed by atoms with Gasteiger partial charge in [0, 0.05) is 11.3 Å². The highest BCUT2D eigenvalue weighted by Gasteiger charge is 2.16. The summed E-state index contributed by atoms with van der Waals surface area (Å²) in [5, 5.41) is 16.2. The van der Waals surface area contributed by atoms with Gasteiger partial charge in [-0.3, -0.25) is 0 Å². The summed E-state index contributed by atoms with van der Waals surface area (Å²) in [7, 11) is 1.24. The Balaban J connectivity index is 2.02. The second kappa shape index (κ2) is 6.26. The van der Waals surface area contributed by atoms with Crippen LogP contribution >= 0.6 is 0 Å². The molecule has 8 heteroatoms. The number of hydrogen-bond acceptors (Lipinski definition) is 7. The first-order chi connectivity index (χ1) is 11.6. The first-order valence-corrected chi connectivity index (χ1v) is 6.98. The van der Waals surface area contributed by atoms with Crippen LogP contribution < -0.4 is 10.1 Å². The summed E-state index contributed by atoms with van der Waals surface area (Å²) in [5.41, 5.74) is 2.58. The van der Waals surface area contributed by atoms with Gasteiger partial charge in [-0.25, -0.2) is 14.3 Å². The lowest BCUT2D eigenvalue weighted by atomic mass is 10.2. The molecular formula is C16H13N5O3. The predicted octanol–water partition coefficient (Wildman–Crippen LogP) is 2.80. The van der Waals surface area contributed by atoms with E-state index in [9.17, 15) is 4.79 Å². The highest BCUT2D eigenvalue weighted by atomic mass is 16.7. The van der Waals surface area contributed by atoms with Crippen LogP contribution in [0.5, 0.6) is 5.75 Å². The van der Waals surface area contributed by atoms with Gasteiger partial charge in [0.05, 0.1) is 24.9 Å². The third-order valence-corrected chi connectivity index (χ3v) is 3.39. The maximum atomic E-state index is 11.3. The molecule has 0 aliphatic heterocycles. The number of benzene rings is 1. The topological polar surface area (TPSA) is 102 Å². The molecule has 2 heterocycles. The second-order valence-corrected chi connectivity index (χ2v) is 4.89. The quantitative estimate of drug-likeness (QED) is 0.739. The monoisotopic (exact) mass is 323 g/mol. The van der Waals surface area contributed by atoms with E-state index in [2.05, 4.69) is 26.2 Å². The average Bonchev–Trinajstić information content (AvgIpc) is 2.92. The Morgan fingerprint density at radius 3 is 3.00 bits per heavy atom. The van der Waals surface area contributed by atoms with Crippen LogP contribution in [0, 0.1) is 18.3 Å². The Bertz CT molecular complexity index is 958. The Morgan fingerprint density at radius 2 is 2.25 bits per heavy atom. The van der Waals surface area contributed by atoms with Gasteiger partial charge in [-0.15, -0.1) is 0 Å². The summed E-state index contributed by atoms with van der Waals surface area (Å²) in [6.45, 7) is 1.79. The van der Waals surface area contributed by atoms with E-state index >= 15 is 0 Å². The van der Waals surface area contributed by atoms with Crippen molar-refractivity contribution in [2.24, 2.45) is 0 Å². The number of nitrogens with one attached hydrogen (secondary N) is 1. The highest BCUT2D eigenvalue weighted by Crippen LogP contribution is 2.30. The Labute approximate surface area is 137 Å². The number of carbonyl (C=O) groups is 1. The van der Waals surface area contributed by atoms with Crippen molar-refractivity contribution in [2.75, 3.05) is 12.4 Å². The largest absolute Gasteiger partial charge is 0.513 e. The van der Waals surface area contributed by atoms with Crippen molar-refractivity contribution < 1.29 is 14.3 Å². The number of aryl methyl sites for hydroxylation is 1. The van der Waals surface area contributed by atoms with Crippen molar-refractivity contribution in [3.63, 3.8) is 0 Å². The number of methoxy groups -OCH3 is 1. The fourth-order valence-electron chi connectivity index (χ4n) is 2.27. The molecule has 0 saturated carbocycles. The smallest absolute Gasteiger partial charge is 0.437 e. The van der Waals surface area contributed by atoms with Crippen LogP contribution in [-0.4, -0.2) is 27.9 Å². The molecule has 0 amide bonds. The zero-order valence-corrected chi connectivity index (χ0v) is 13.0. The molecular weight excluding hydrogens is 310 g/mol. The zero-order chi connectivity index (χ0) is 17.1. The number of rotatable bonds is 3. The van der Waals surface area contributed by atoms with E-state index < -0.39 is 6.16 Å². The van der Waals surface area contributed by atoms with Gasteiger partial charge in [0.2, 0.25) is 0 Å². The molecule has 3 rings (SSSR count). The Hall–Kier alpha value is -3.60. The molecule has 8 nitrogen and oxygen atoms in total. The minimum atomic E-state index is -0.807. The molecule has 120 valence electrons. The van der Waals surface area contributed by atoms with Crippen LogP contribution in [-0.2, 0) is 4.74 Å². The Morgan fingerprint density at radius 1 is 1.42 bits per heavy atom. The first-order valence-electron chi connectivity index (χ1n) is 6.98. The van der Waals surface area contributed by atoms with Crippen LogP contribution in [0.1, 0.15) is 11.1 Å². The van der Waals surface area contributed by atoms with Gasteiger partial charge in [-0.2, -0.15) is 10.4 Å². The number of aromatic nitrogens is 3. The first kappa shape index (κ1) is 15.3. The standard InChI is InChI=1S/C16H13N5O3/c1-10-13(24-16(22)23-2)8-21-14(10)15(18-9-19-21)20-12-5-3-4-11(6-12)7-17/h3-6,8-9H,1-2H3,(H,18,19,20).